The summed E-state index contributed by atoms with van der Waals surface area (Å²) in [5.74, 6) is 0.889. The molecule has 3 aromatic rings. The van der Waals surface area contributed by atoms with Crippen LogP contribution in [0.15, 0.2) is 34.7 Å². The first-order chi connectivity index (χ1) is 9.85. The quantitative estimate of drug-likeness (QED) is 0.768. The normalized spacial score (nSPS) is 18.4. The minimum absolute atomic E-state index is 0.396. The van der Waals surface area contributed by atoms with Crippen LogP contribution < -0.4 is 5.32 Å². The maximum absolute atomic E-state index is 5.93. The van der Waals surface area contributed by atoms with Crippen molar-refractivity contribution in [3.63, 3.8) is 0 Å². The van der Waals surface area contributed by atoms with Gasteiger partial charge in [-0.25, -0.2) is 4.98 Å². The van der Waals surface area contributed by atoms with Crippen LogP contribution in [0.4, 0.5) is 0 Å². The molecule has 20 heavy (non-hydrogen) atoms. The van der Waals surface area contributed by atoms with Gasteiger partial charge in [0.2, 0.25) is 0 Å². The second-order valence-corrected chi connectivity index (χ2v) is 6.29. The Morgan fingerprint density at radius 2 is 2.25 bits per heavy atom. The van der Waals surface area contributed by atoms with E-state index in [0.29, 0.717) is 6.04 Å². The molecule has 102 valence electrons. The van der Waals surface area contributed by atoms with Crippen molar-refractivity contribution in [2.24, 2.45) is 0 Å². The zero-order valence-electron chi connectivity index (χ0n) is 11.3. The fourth-order valence-corrected chi connectivity index (χ4v) is 4.01. The zero-order valence-corrected chi connectivity index (χ0v) is 12.2. The molecule has 0 spiro atoms. The smallest absolute Gasteiger partial charge is 0.164 e. The summed E-state index contributed by atoms with van der Waals surface area (Å²) in [6.45, 7) is 0. The number of benzene rings is 1. The maximum atomic E-state index is 5.93. The number of fused-ring (bicyclic) bond motifs is 2. The third-order valence-corrected chi connectivity index (χ3v) is 5.08. The molecule has 1 aliphatic carbocycles. The molecule has 1 unspecified atom stereocenters. The minimum atomic E-state index is 0.396. The van der Waals surface area contributed by atoms with Crippen LogP contribution in [0.5, 0.6) is 0 Å². The monoisotopic (exact) mass is 284 g/mol. The zero-order chi connectivity index (χ0) is 13.5. The number of hydrogen-bond acceptors (Lipinski definition) is 4. The Bertz CT molecular complexity index is 726. The summed E-state index contributed by atoms with van der Waals surface area (Å²) in [7, 11) is 2.01. The number of nitrogens with one attached hydrogen (secondary N) is 1. The van der Waals surface area contributed by atoms with Crippen LogP contribution in [0.2, 0.25) is 0 Å². The van der Waals surface area contributed by atoms with E-state index in [2.05, 4.69) is 17.4 Å². The highest BCUT2D eigenvalue weighted by Crippen LogP contribution is 2.38. The number of para-hydroxylation sites is 1. The lowest BCUT2D eigenvalue weighted by Crippen LogP contribution is -2.21. The number of hydrogen-bond donors (Lipinski definition) is 1. The Labute approximate surface area is 121 Å². The molecule has 2 heterocycles. The fraction of sp³-hybridized carbons (Fsp3) is 0.312. The first-order valence-electron chi connectivity index (χ1n) is 7.01. The summed E-state index contributed by atoms with van der Waals surface area (Å²) in [6, 6.07) is 10.6. The highest BCUT2D eigenvalue weighted by Gasteiger charge is 2.24. The predicted octanol–water partition coefficient (Wildman–Crippen LogP) is 4.15. The van der Waals surface area contributed by atoms with Gasteiger partial charge in [0.1, 0.15) is 5.58 Å². The lowest BCUT2D eigenvalue weighted by atomic mass is 9.98. The Morgan fingerprint density at radius 1 is 1.35 bits per heavy atom. The van der Waals surface area contributed by atoms with Crippen molar-refractivity contribution in [3.05, 3.63) is 40.9 Å². The number of furan rings is 1. The third-order valence-electron chi connectivity index (χ3n) is 3.94. The first kappa shape index (κ1) is 12.1. The van der Waals surface area contributed by atoms with Crippen molar-refractivity contribution < 1.29 is 4.42 Å². The van der Waals surface area contributed by atoms with E-state index in [-0.39, 0.29) is 0 Å². The van der Waals surface area contributed by atoms with Gasteiger partial charge in [0.05, 0.1) is 11.7 Å². The molecule has 1 aromatic carbocycles. The summed E-state index contributed by atoms with van der Waals surface area (Å²) in [4.78, 5) is 6.24. The van der Waals surface area contributed by atoms with Crippen LogP contribution in [0, 0.1) is 0 Å². The third kappa shape index (κ3) is 1.87. The number of nitrogens with zero attached hydrogens (tertiary/aromatic N) is 1. The standard InChI is InChI=1S/C16H16N2OS/c1-17-11-6-4-8-14-15(11)18-16(20-14)13-9-10-5-2-3-7-12(10)19-13/h2-3,5,7,9,11,17H,4,6,8H2,1H3. The molecule has 4 heteroatoms. The van der Waals surface area contributed by atoms with E-state index >= 15 is 0 Å². The van der Waals surface area contributed by atoms with E-state index in [4.69, 9.17) is 9.40 Å². The molecule has 4 rings (SSSR count). The lowest BCUT2D eigenvalue weighted by molar-refractivity contribution is 0.489. The second-order valence-electron chi connectivity index (χ2n) is 5.21. The molecule has 0 saturated carbocycles. The molecule has 0 fully saturated rings. The van der Waals surface area contributed by atoms with Gasteiger partial charge in [-0.1, -0.05) is 18.2 Å². The molecule has 0 radical (unpaired) electrons. The molecule has 1 aliphatic rings. The van der Waals surface area contributed by atoms with E-state index < -0.39 is 0 Å². The molecule has 0 saturated heterocycles. The van der Waals surface area contributed by atoms with Crippen molar-refractivity contribution in [1.82, 2.24) is 10.3 Å². The van der Waals surface area contributed by atoms with E-state index in [1.165, 1.54) is 23.4 Å². The largest absolute Gasteiger partial charge is 0.454 e. The Morgan fingerprint density at radius 3 is 3.10 bits per heavy atom. The van der Waals surface area contributed by atoms with E-state index in [1.807, 2.05) is 25.2 Å². The summed E-state index contributed by atoms with van der Waals surface area (Å²) in [6.07, 6.45) is 3.55. The van der Waals surface area contributed by atoms with Gasteiger partial charge in [-0.3, -0.25) is 0 Å². The second kappa shape index (κ2) is 4.72. The summed E-state index contributed by atoms with van der Waals surface area (Å²) < 4.78 is 5.93. The fourth-order valence-electron chi connectivity index (χ4n) is 2.89. The van der Waals surface area contributed by atoms with Gasteiger partial charge in [0.25, 0.3) is 0 Å². The van der Waals surface area contributed by atoms with Crippen LogP contribution in [0.25, 0.3) is 21.7 Å². The molecule has 0 bridgehead atoms. The average molecular weight is 284 g/mol. The van der Waals surface area contributed by atoms with Crippen LogP contribution in [-0.4, -0.2) is 12.0 Å². The summed E-state index contributed by atoms with van der Waals surface area (Å²) in [5.41, 5.74) is 2.15. The number of rotatable bonds is 2. The number of aromatic nitrogens is 1. The van der Waals surface area contributed by atoms with Crippen LogP contribution >= 0.6 is 11.3 Å². The molecular weight excluding hydrogens is 268 g/mol. The van der Waals surface area contributed by atoms with Crippen molar-refractivity contribution in [3.8, 4) is 10.8 Å². The van der Waals surface area contributed by atoms with Crippen molar-refractivity contribution in [2.45, 2.75) is 25.3 Å². The van der Waals surface area contributed by atoms with Gasteiger partial charge >= 0.3 is 0 Å². The molecule has 2 aromatic heterocycles. The Hall–Kier alpha value is -1.65. The van der Waals surface area contributed by atoms with Crippen LogP contribution in [-0.2, 0) is 6.42 Å². The van der Waals surface area contributed by atoms with E-state index in [0.717, 1.165) is 28.2 Å². The van der Waals surface area contributed by atoms with Gasteiger partial charge in [-0.05, 0) is 38.4 Å². The molecule has 0 aliphatic heterocycles. The van der Waals surface area contributed by atoms with Gasteiger partial charge in [-0.15, -0.1) is 11.3 Å². The lowest BCUT2D eigenvalue weighted by Gasteiger charge is -2.19. The first-order valence-corrected chi connectivity index (χ1v) is 7.82. The Kier molecular flexibility index (Phi) is 2.86. The van der Waals surface area contributed by atoms with E-state index in [1.54, 1.807) is 11.3 Å². The van der Waals surface area contributed by atoms with Crippen molar-refractivity contribution in [2.75, 3.05) is 7.05 Å². The van der Waals surface area contributed by atoms with E-state index in [9.17, 15) is 0 Å². The van der Waals surface area contributed by atoms with Crippen molar-refractivity contribution >= 4 is 22.3 Å². The minimum Gasteiger partial charge on any atom is -0.454 e. The van der Waals surface area contributed by atoms with Gasteiger partial charge in [-0.2, -0.15) is 0 Å². The highest BCUT2D eigenvalue weighted by atomic mass is 32.1. The predicted molar refractivity (Wildman–Crippen MR) is 82.1 cm³/mol. The topological polar surface area (TPSA) is 38.1 Å². The summed E-state index contributed by atoms with van der Waals surface area (Å²) >= 11 is 1.78. The maximum Gasteiger partial charge on any atom is 0.164 e. The molecule has 1 N–H and O–H groups in total. The Balaban J connectivity index is 1.80. The number of aryl methyl sites for hydroxylation is 1. The summed E-state index contributed by atoms with van der Waals surface area (Å²) in [5, 5.41) is 5.51. The highest BCUT2D eigenvalue weighted by molar-refractivity contribution is 7.15. The molecule has 1 atom stereocenters. The number of thiazole rings is 1. The van der Waals surface area contributed by atoms with Crippen LogP contribution in [0.3, 0.4) is 0 Å². The van der Waals surface area contributed by atoms with Crippen LogP contribution in [0.1, 0.15) is 29.5 Å². The molecule has 3 nitrogen and oxygen atoms in total. The SMILES string of the molecule is CNC1CCCc2sc(-c3cc4ccccc4o3)nc21. The average Bonchev–Trinajstić information content (AvgIpc) is 3.09. The van der Waals surface area contributed by atoms with Gasteiger partial charge in [0.15, 0.2) is 10.8 Å². The molecular formula is C16H16N2OS. The van der Waals surface area contributed by atoms with Gasteiger partial charge in [0, 0.05) is 10.3 Å². The molecule has 0 amide bonds. The van der Waals surface area contributed by atoms with Gasteiger partial charge < -0.3 is 9.73 Å². The van der Waals surface area contributed by atoms with Crippen molar-refractivity contribution in [1.29, 1.82) is 0 Å².